The first-order valence-electron chi connectivity index (χ1n) is 10.3. The molecule has 0 aromatic rings. The summed E-state index contributed by atoms with van der Waals surface area (Å²) in [7, 11) is 0. The summed E-state index contributed by atoms with van der Waals surface area (Å²) in [6.45, 7) is 2.08. The lowest BCUT2D eigenvalue weighted by Gasteiger charge is -2.18. The number of ether oxygens (including phenoxy) is 2. The van der Waals surface area contributed by atoms with E-state index in [0.29, 0.717) is 48.7 Å². The summed E-state index contributed by atoms with van der Waals surface area (Å²) >= 11 is 0. The summed E-state index contributed by atoms with van der Waals surface area (Å²) in [5, 5.41) is 7.42. The van der Waals surface area contributed by atoms with Crippen molar-refractivity contribution in [1.82, 2.24) is 0 Å². The van der Waals surface area contributed by atoms with Gasteiger partial charge in [-0.05, 0) is 61.2 Å². The lowest BCUT2D eigenvalue weighted by Crippen LogP contribution is -2.20. The standard InChI is InChI=1S/C20H26O4.C2H4O2/c21-19(23-11-17-9-13-1-3-15(17)7-13)5-6-20(22)24-12-18-10-14-2-4-16(18)8-14;1-2(3)4/h1-4,13-18H,5-12H2;1H3,(H,3,4). The van der Waals surface area contributed by atoms with Crippen LogP contribution in [0.2, 0.25) is 0 Å². The van der Waals surface area contributed by atoms with Crippen LogP contribution in [0, 0.1) is 35.5 Å². The molecular weight excluding hydrogens is 360 g/mol. The Kier molecular flexibility index (Phi) is 6.92. The average Bonchev–Trinajstić information content (AvgIpc) is 3.43. The summed E-state index contributed by atoms with van der Waals surface area (Å²) in [5.41, 5.74) is 0. The number of esters is 2. The van der Waals surface area contributed by atoms with Crippen molar-refractivity contribution in [3.8, 4) is 0 Å². The third-order valence-corrected chi connectivity index (χ3v) is 6.28. The van der Waals surface area contributed by atoms with E-state index in [0.717, 1.165) is 19.8 Å². The van der Waals surface area contributed by atoms with E-state index in [1.165, 1.54) is 12.8 Å². The van der Waals surface area contributed by atoms with Crippen molar-refractivity contribution in [1.29, 1.82) is 0 Å². The first kappa shape index (κ1) is 20.6. The molecule has 28 heavy (non-hydrogen) atoms. The van der Waals surface area contributed by atoms with Crippen LogP contribution in [0.25, 0.3) is 0 Å². The van der Waals surface area contributed by atoms with Gasteiger partial charge in [0, 0.05) is 6.92 Å². The molecule has 4 aliphatic rings. The highest BCUT2D eigenvalue weighted by Gasteiger charge is 2.37. The molecule has 6 nitrogen and oxygen atoms in total. The highest BCUT2D eigenvalue weighted by atomic mass is 16.5. The van der Waals surface area contributed by atoms with Crippen molar-refractivity contribution in [3.63, 3.8) is 0 Å². The number of hydrogen-bond donors (Lipinski definition) is 1. The molecule has 0 saturated heterocycles. The third-order valence-electron chi connectivity index (χ3n) is 6.28. The van der Waals surface area contributed by atoms with Crippen LogP contribution in [0.5, 0.6) is 0 Å². The van der Waals surface area contributed by atoms with Gasteiger partial charge in [-0.2, -0.15) is 0 Å². The molecule has 1 N–H and O–H groups in total. The van der Waals surface area contributed by atoms with Crippen LogP contribution in [0.1, 0.15) is 45.4 Å². The van der Waals surface area contributed by atoms with Crippen LogP contribution in [-0.2, 0) is 23.9 Å². The van der Waals surface area contributed by atoms with E-state index in [-0.39, 0.29) is 24.8 Å². The second-order valence-electron chi connectivity index (χ2n) is 8.47. The molecule has 6 heteroatoms. The van der Waals surface area contributed by atoms with Gasteiger partial charge in [0.05, 0.1) is 26.1 Å². The van der Waals surface area contributed by atoms with Crippen molar-refractivity contribution in [2.45, 2.75) is 45.4 Å². The minimum absolute atomic E-state index is 0.131. The SMILES string of the molecule is CC(=O)O.O=C(CCC(=O)OCC1CC2C=CC1C2)OCC1CC2C=CC1C2. The van der Waals surface area contributed by atoms with E-state index >= 15 is 0 Å². The highest BCUT2D eigenvalue weighted by molar-refractivity contribution is 5.77. The Hall–Kier alpha value is -2.11. The molecule has 0 radical (unpaired) electrons. The molecule has 6 atom stereocenters. The largest absolute Gasteiger partial charge is 0.481 e. The first-order chi connectivity index (χ1) is 13.4. The molecule has 0 aliphatic heterocycles. The van der Waals surface area contributed by atoms with Crippen LogP contribution in [-0.4, -0.2) is 36.2 Å². The van der Waals surface area contributed by atoms with Crippen molar-refractivity contribution >= 4 is 17.9 Å². The van der Waals surface area contributed by atoms with Gasteiger partial charge >= 0.3 is 11.9 Å². The Morgan fingerprint density at radius 1 is 0.786 bits per heavy atom. The van der Waals surface area contributed by atoms with Gasteiger partial charge in [0.15, 0.2) is 0 Å². The Morgan fingerprint density at radius 2 is 1.18 bits per heavy atom. The van der Waals surface area contributed by atoms with Crippen molar-refractivity contribution in [2.75, 3.05) is 13.2 Å². The summed E-state index contributed by atoms with van der Waals surface area (Å²) < 4.78 is 10.7. The Balaban J connectivity index is 0.000000516. The van der Waals surface area contributed by atoms with Gasteiger partial charge in [-0.25, -0.2) is 0 Å². The van der Waals surface area contributed by atoms with E-state index in [4.69, 9.17) is 19.4 Å². The molecule has 0 spiro atoms. The first-order valence-corrected chi connectivity index (χ1v) is 10.3. The lowest BCUT2D eigenvalue weighted by molar-refractivity contribution is -0.152. The number of aliphatic carboxylic acids is 1. The van der Waals surface area contributed by atoms with Crippen molar-refractivity contribution in [2.24, 2.45) is 35.5 Å². The molecular formula is C22H30O6. The Morgan fingerprint density at radius 3 is 1.46 bits per heavy atom. The van der Waals surface area contributed by atoms with E-state index in [1.807, 2.05) is 0 Å². The van der Waals surface area contributed by atoms with Gasteiger partial charge in [0.1, 0.15) is 0 Å². The number of rotatable bonds is 7. The van der Waals surface area contributed by atoms with Gasteiger partial charge < -0.3 is 14.6 Å². The lowest BCUT2D eigenvalue weighted by atomic mass is 9.94. The zero-order valence-electron chi connectivity index (χ0n) is 16.4. The number of hydrogen-bond acceptors (Lipinski definition) is 5. The predicted molar refractivity (Wildman–Crippen MR) is 102 cm³/mol. The normalized spacial score (nSPS) is 33.5. The Bertz CT molecular complexity index is 597. The van der Waals surface area contributed by atoms with Gasteiger partial charge in [0.2, 0.25) is 0 Å². The highest BCUT2D eigenvalue weighted by Crippen LogP contribution is 2.44. The summed E-state index contributed by atoms with van der Waals surface area (Å²) in [4.78, 5) is 32.6. The predicted octanol–water partition coefficient (Wildman–Crippen LogP) is 3.37. The number of allylic oxidation sites excluding steroid dienone is 4. The van der Waals surface area contributed by atoms with Crippen LogP contribution in [0.15, 0.2) is 24.3 Å². The van der Waals surface area contributed by atoms with Gasteiger partial charge in [-0.15, -0.1) is 0 Å². The third kappa shape index (κ3) is 5.69. The fourth-order valence-corrected chi connectivity index (χ4v) is 4.92. The quantitative estimate of drug-likeness (QED) is 0.529. The molecule has 0 amide bonds. The van der Waals surface area contributed by atoms with Gasteiger partial charge in [0.25, 0.3) is 5.97 Å². The minimum atomic E-state index is -0.833. The zero-order chi connectivity index (χ0) is 20.1. The van der Waals surface area contributed by atoms with Crippen LogP contribution in [0.3, 0.4) is 0 Å². The van der Waals surface area contributed by atoms with E-state index in [2.05, 4.69) is 24.3 Å². The monoisotopic (exact) mass is 390 g/mol. The molecule has 2 fully saturated rings. The van der Waals surface area contributed by atoms with Crippen molar-refractivity contribution < 1.29 is 29.0 Å². The molecule has 4 bridgehead atoms. The second-order valence-corrected chi connectivity index (χ2v) is 8.47. The zero-order valence-corrected chi connectivity index (χ0v) is 16.4. The number of carboxylic acid groups (broad SMARTS) is 1. The number of fused-ring (bicyclic) bond motifs is 4. The van der Waals surface area contributed by atoms with E-state index in [1.54, 1.807) is 0 Å². The molecule has 6 unspecified atom stereocenters. The van der Waals surface area contributed by atoms with E-state index < -0.39 is 5.97 Å². The summed E-state index contributed by atoms with van der Waals surface area (Å²) in [6, 6.07) is 0. The maximum Gasteiger partial charge on any atom is 0.306 e. The molecule has 0 aromatic heterocycles. The number of carboxylic acids is 1. The molecule has 0 heterocycles. The topological polar surface area (TPSA) is 89.9 Å². The second kappa shape index (κ2) is 9.39. The van der Waals surface area contributed by atoms with Crippen LogP contribution >= 0.6 is 0 Å². The maximum absolute atomic E-state index is 11.8. The van der Waals surface area contributed by atoms with Crippen molar-refractivity contribution in [3.05, 3.63) is 24.3 Å². The number of carbonyl (C=O) groups is 3. The molecule has 4 rings (SSSR count). The molecule has 2 saturated carbocycles. The summed E-state index contributed by atoms with van der Waals surface area (Å²) in [5.74, 6) is 2.11. The van der Waals surface area contributed by atoms with Gasteiger partial charge in [-0.1, -0.05) is 24.3 Å². The molecule has 4 aliphatic carbocycles. The minimum Gasteiger partial charge on any atom is -0.481 e. The van der Waals surface area contributed by atoms with Crippen LogP contribution in [0.4, 0.5) is 0 Å². The number of carbonyl (C=O) groups excluding carboxylic acids is 2. The smallest absolute Gasteiger partial charge is 0.306 e. The molecule has 154 valence electrons. The van der Waals surface area contributed by atoms with E-state index in [9.17, 15) is 9.59 Å². The summed E-state index contributed by atoms with van der Waals surface area (Å²) in [6.07, 6.45) is 14.0. The Labute approximate surface area is 166 Å². The maximum atomic E-state index is 11.8. The fourth-order valence-electron chi connectivity index (χ4n) is 4.92. The average molecular weight is 390 g/mol. The fraction of sp³-hybridized carbons (Fsp3) is 0.682. The molecule has 0 aromatic carbocycles. The van der Waals surface area contributed by atoms with Crippen LogP contribution < -0.4 is 0 Å². The van der Waals surface area contributed by atoms with Gasteiger partial charge in [-0.3, -0.25) is 14.4 Å².